The van der Waals surface area contributed by atoms with Gasteiger partial charge >= 0.3 is 0 Å². The Morgan fingerprint density at radius 3 is 2.23 bits per heavy atom. The molecule has 1 aliphatic heterocycles. The van der Waals surface area contributed by atoms with Crippen molar-refractivity contribution >= 4 is 28.2 Å². The van der Waals surface area contributed by atoms with E-state index in [0.717, 1.165) is 0 Å². The first-order chi connectivity index (χ1) is 14.7. The van der Waals surface area contributed by atoms with Crippen LogP contribution in [0.1, 0.15) is 86.1 Å². The van der Waals surface area contributed by atoms with Crippen molar-refractivity contribution in [2.75, 3.05) is 7.05 Å². The van der Waals surface area contributed by atoms with Gasteiger partial charge in [-0.1, -0.05) is 52.4 Å². The van der Waals surface area contributed by atoms with E-state index in [-0.39, 0.29) is 0 Å². The molecule has 2 aromatic rings. The second kappa shape index (κ2) is 12.3. The molecule has 162 valence electrons. The maximum atomic E-state index is 2.52. The fourth-order valence-corrected chi connectivity index (χ4v) is 5.90. The molecule has 1 nitrogen and oxygen atoms in total. The highest BCUT2D eigenvalue weighted by molar-refractivity contribution is 7.12. The number of hydrogen-bond acceptors (Lipinski definition) is 3. The third-order valence-electron chi connectivity index (χ3n) is 5.74. The Bertz CT molecular complexity index is 836. The summed E-state index contributed by atoms with van der Waals surface area (Å²) < 4.78 is 0. The lowest BCUT2D eigenvalue weighted by atomic mass is 9.92. The van der Waals surface area contributed by atoms with Crippen molar-refractivity contribution in [3.8, 4) is 0 Å². The second-order valence-electron chi connectivity index (χ2n) is 8.31. The molecule has 0 N–H and O–H groups in total. The molecule has 2 aromatic heterocycles. The van der Waals surface area contributed by atoms with Crippen LogP contribution in [0.2, 0.25) is 0 Å². The molecule has 0 saturated carbocycles. The molecule has 30 heavy (non-hydrogen) atoms. The van der Waals surface area contributed by atoms with Gasteiger partial charge in [0.2, 0.25) is 0 Å². The Balaban J connectivity index is 1.94. The highest BCUT2D eigenvalue weighted by atomic mass is 32.1. The van der Waals surface area contributed by atoms with Crippen LogP contribution in [0.4, 0.5) is 0 Å². The normalized spacial score (nSPS) is 13.4. The van der Waals surface area contributed by atoms with Gasteiger partial charge in [0.15, 0.2) is 0 Å². The third-order valence-corrected chi connectivity index (χ3v) is 7.68. The lowest BCUT2D eigenvalue weighted by molar-refractivity contribution is 0.620. The highest BCUT2D eigenvalue weighted by Gasteiger charge is 2.18. The molecular formula is C27H37NS2. The van der Waals surface area contributed by atoms with Crippen LogP contribution >= 0.6 is 22.7 Å². The first-order valence-electron chi connectivity index (χ1n) is 11.7. The van der Waals surface area contributed by atoms with Crippen molar-refractivity contribution in [2.45, 2.75) is 78.1 Å². The van der Waals surface area contributed by atoms with Gasteiger partial charge in [-0.15, -0.1) is 11.3 Å². The summed E-state index contributed by atoms with van der Waals surface area (Å²) in [5.74, 6) is 0. The maximum Gasteiger partial charge on any atom is 0.0127 e. The predicted molar refractivity (Wildman–Crippen MR) is 136 cm³/mol. The van der Waals surface area contributed by atoms with Crippen LogP contribution in [0.5, 0.6) is 0 Å². The van der Waals surface area contributed by atoms with Crippen LogP contribution < -0.4 is 0 Å². The van der Waals surface area contributed by atoms with Crippen LogP contribution in [-0.4, -0.2) is 11.9 Å². The minimum atomic E-state index is 1.21. The molecule has 0 unspecified atom stereocenters. The predicted octanol–water partition coefficient (Wildman–Crippen LogP) is 8.83. The summed E-state index contributed by atoms with van der Waals surface area (Å²) in [6, 6.07) is 4.80. The summed E-state index contributed by atoms with van der Waals surface area (Å²) in [6.07, 6.45) is 21.9. The Morgan fingerprint density at radius 1 is 0.900 bits per heavy atom. The molecule has 0 radical (unpaired) electrons. The second-order valence-corrected chi connectivity index (χ2v) is 10.3. The minimum absolute atomic E-state index is 1.21. The van der Waals surface area contributed by atoms with Gasteiger partial charge in [-0.3, -0.25) is 0 Å². The largest absolute Gasteiger partial charge is 0.357 e. The van der Waals surface area contributed by atoms with Gasteiger partial charge in [0.05, 0.1) is 0 Å². The van der Waals surface area contributed by atoms with Gasteiger partial charge in [-0.2, -0.15) is 11.3 Å². The van der Waals surface area contributed by atoms with E-state index >= 15 is 0 Å². The SMILES string of the molecule is CCCCCCc1cc(C(=C2C=CN(C)C=C2)c2ccsc2)c(CCCCCC)s1. The Kier molecular flexibility index (Phi) is 9.48. The van der Waals surface area contributed by atoms with Crippen molar-refractivity contribution in [3.63, 3.8) is 0 Å². The number of unbranched alkanes of at least 4 members (excludes halogenated alkanes) is 6. The Morgan fingerprint density at radius 2 is 1.60 bits per heavy atom. The molecule has 0 atom stereocenters. The molecule has 0 bridgehead atoms. The van der Waals surface area contributed by atoms with Gasteiger partial charge in [-0.05, 0) is 83.0 Å². The van der Waals surface area contributed by atoms with Gasteiger partial charge in [0.25, 0.3) is 0 Å². The summed E-state index contributed by atoms with van der Waals surface area (Å²) in [4.78, 5) is 5.28. The highest BCUT2D eigenvalue weighted by Crippen LogP contribution is 2.38. The lowest BCUT2D eigenvalue weighted by Gasteiger charge is -2.16. The quantitative estimate of drug-likeness (QED) is 0.299. The zero-order chi connectivity index (χ0) is 21.2. The molecule has 0 amide bonds. The van der Waals surface area contributed by atoms with Crippen molar-refractivity contribution in [2.24, 2.45) is 0 Å². The molecule has 0 fully saturated rings. The van der Waals surface area contributed by atoms with E-state index in [0.29, 0.717) is 0 Å². The van der Waals surface area contributed by atoms with Crippen molar-refractivity contribution in [3.05, 3.63) is 73.9 Å². The van der Waals surface area contributed by atoms with E-state index in [4.69, 9.17) is 0 Å². The maximum absolute atomic E-state index is 2.52. The van der Waals surface area contributed by atoms with Crippen molar-refractivity contribution < 1.29 is 0 Å². The van der Waals surface area contributed by atoms with Gasteiger partial charge in [-0.25, -0.2) is 0 Å². The molecule has 3 heteroatoms. The average Bonchev–Trinajstić information content (AvgIpc) is 3.41. The Hall–Kier alpha value is -1.58. The van der Waals surface area contributed by atoms with Gasteiger partial charge in [0.1, 0.15) is 0 Å². The smallest absolute Gasteiger partial charge is 0.0127 e. The summed E-state index contributed by atoms with van der Waals surface area (Å²) in [5, 5.41) is 4.51. The van der Waals surface area contributed by atoms with E-state index in [2.05, 4.69) is 84.6 Å². The monoisotopic (exact) mass is 439 g/mol. The van der Waals surface area contributed by atoms with E-state index in [1.807, 2.05) is 0 Å². The third kappa shape index (κ3) is 6.46. The number of aryl methyl sites for hydroxylation is 2. The number of nitrogens with zero attached hydrogens (tertiary/aromatic N) is 1. The van der Waals surface area contributed by atoms with Crippen LogP contribution in [0.25, 0.3) is 5.57 Å². The minimum Gasteiger partial charge on any atom is -0.357 e. The number of thiophene rings is 2. The standard InChI is InChI=1S/C27H37NS2/c1-4-6-8-10-12-24-20-25(26(30-24)13-11-9-7-5-2)27(23-16-19-29-21-23)22-14-17-28(3)18-15-22/h14-21H,4-13H2,1-3H3. The fourth-order valence-electron chi connectivity index (χ4n) is 4.00. The lowest BCUT2D eigenvalue weighted by Crippen LogP contribution is -2.04. The first kappa shape index (κ1) is 23.1. The van der Waals surface area contributed by atoms with Gasteiger partial charge in [0, 0.05) is 29.2 Å². The zero-order valence-electron chi connectivity index (χ0n) is 19.0. The molecule has 3 rings (SSSR count). The molecule has 1 aliphatic rings. The summed E-state index contributed by atoms with van der Waals surface area (Å²) >= 11 is 3.87. The summed E-state index contributed by atoms with van der Waals surface area (Å²) in [6.45, 7) is 4.59. The molecule has 3 heterocycles. The molecule has 0 spiro atoms. The molecular weight excluding hydrogens is 402 g/mol. The van der Waals surface area contributed by atoms with E-state index in [9.17, 15) is 0 Å². The van der Waals surface area contributed by atoms with E-state index in [1.54, 1.807) is 21.1 Å². The van der Waals surface area contributed by atoms with E-state index in [1.165, 1.54) is 86.5 Å². The first-order valence-corrected chi connectivity index (χ1v) is 13.5. The molecule has 0 aliphatic carbocycles. The number of allylic oxidation sites excluding steroid dienone is 3. The van der Waals surface area contributed by atoms with Crippen LogP contribution in [0.3, 0.4) is 0 Å². The van der Waals surface area contributed by atoms with Crippen molar-refractivity contribution in [1.82, 2.24) is 4.90 Å². The fraction of sp³-hybridized carbons (Fsp3) is 0.481. The molecule has 0 aromatic carbocycles. The number of rotatable bonds is 12. The van der Waals surface area contributed by atoms with Crippen LogP contribution in [0.15, 0.2) is 53.0 Å². The zero-order valence-corrected chi connectivity index (χ0v) is 20.6. The van der Waals surface area contributed by atoms with Crippen LogP contribution in [0, 0.1) is 0 Å². The van der Waals surface area contributed by atoms with Gasteiger partial charge < -0.3 is 4.90 Å². The summed E-state index contributed by atoms with van der Waals surface area (Å²) in [7, 11) is 2.09. The number of hydrogen-bond donors (Lipinski definition) is 0. The average molecular weight is 440 g/mol. The van der Waals surface area contributed by atoms with E-state index < -0.39 is 0 Å². The Labute approximate surface area is 191 Å². The van der Waals surface area contributed by atoms with Crippen LogP contribution in [-0.2, 0) is 12.8 Å². The topological polar surface area (TPSA) is 3.24 Å². The van der Waals surface area contributed by atoms with Crippen molar-refractivity contribution in [1.29, 1.82) is 0 Å². The summed E-state index contributed by atoms with van der Waals surface area (Å²) in [5.41, 5.74) is 5.59. The molecule has 0 saturated heterocycles.